The molecule has 0 N–H and O–H groups in total. The van der Waals surface area contributed by atoms with Crippen molar-refractivity contribution in [3.63, 3.8) is 0 Å². The Morgan fingerprint density at radius 3 is 2.26 bits per heavy atom. The molecule has 2 aromatic heterocycles. The van der Waals surface area contributed by atoms with E-state index in [2.05, 4.69) is 34.9 Å². The highest BCUT2D eigenvalue weighted by Crippen LogP contribution is 2.39. The Balaban J connectivity index is 1.94. The molecular weight excluding hydrogens is 336 g/mol. The maximum Gasteiger partial charge on any atom is 0.223 e. The van der Waals surface area contributed by atoms with Crippen molar-refractivity contribution in [2.45, 2.75) is 57.9 Å². The molecule has 0 saturated heterocycles. The van der Waals surface area contributed by atoms with E-state index in [-0.39, 0.29) is 0 Å². The number of rotatable bonds is 8. The van der Waals surface area contributed by atoms with Gasteiger partial charge in [0.15, 0.2) is 5.58 Å². The second-order valence-electron chi connectivity index (χ2n) is 7.22. The van der Waals surface area contributed by atoms with Gasteiger partial charge in [-0.15, -0.1) is 5.10 Å². The molecule has 0 saturated carbocycles. The number of benzene rings is 2. The highest BCUT2D eigenvalue weighted by Gasteiger charge is 2.40. The Kier molecular flexibility index (Phi) is 4.92. The summed E-state index contributed by atoms with van der Waals surface area (Å²) >= 11 is 0. The van der Waals surface area contributed by atoms with Gasteiger partial charge >= 0.3 is 0 Å². The molecule has 2 aromatic carbocycles. The van der Waals surface area contributed by atoms with Gasteiger partial charge in [-0.05, 0) is 37.1 Å². The summed E-state index contributed by atoms with van der Waals surface area (Å²) in [5.74, 6) is 0.751. The third-order valence-electron chi connectivity index (χ3n) is 5.34. The van der Waals surface area contributed by atoms with Crippen LogP contribution in [0.1, 0.15) is 58.3 Å². The van der Waals surface area contributed by atoms with Gasteiger partial charge in [-0.25, -0.2) is 9.67 Å². The third kappa shape index (κ3) is 3.11. The molecule has 4 aromatic rings. The first kappa shape index (κ1) is 17.7. The Bertz CT molecular complexity index is 992. The van der Waals surface area contributed by atoms with Crippen LogP contribution in [0.5, 0.6) is 0 Å². The summed E-state index contributed by atoms with van der Waals surface area (Å²) in [6.45, 7) is 4.44. The van der Waals surface area contributed by atoms with Crippen molar-refractivity contribution in [2.75, 3.05) is 0 Å². The largest absolute Gasteiger partial charge is 0.438 e. The molecule has 5 nitrogen and oxygen atoms in total. The van der Waals surface area contributed by atoms with Gasteiger partial charge in [-0.2, -0.15) is 0 Å². The van der Waals surface area contributed by atoms with Crippen molar-refractivity contribution >= 4 is 22.1 Å². The van der Waals surface area contributed by atoms with E-state index in [1.807, 2.05) is 42.5 Å². The molecule has 0 aliphatic heterocycles. The topological polar surface area (TPSA) is 56.7 Å². The van der Waals surface area contributed by atoms with Crippen LogP contribution in [-0.2, 0) is 5.54 Å². The van der Waals surface area contributed by atoms with Crippen molar-refractivity contribution in [1.29, 1.82) is 0 Å². The fraction of sp³-hybridized carbons (Fsp3) is 0.409. The number of oxazole rings is 1. The zero-order valence-corrected chi connectivity index (χ0v) is 16.1. The lowest BCUT2D eigenvalue weighted by Crippen LogP contribution is -2.36. The number of fused-ring (bicyclic) bond motifs is 2. The number of nitrogens with zero attached hydrogens (tertiary/aromatic N) is 4. The summed E-state index contributed by atoms with van der Waals surface area (Å²) in [5, 5.41) is 9.01. The summed E-state index contributed by atoms with van der Waals surface area (Å²) in [6.07, 6.45) is 6.25. The van der Waals surface area contributed by atoms with E-state index in [4.69, 9.17) is 9.40 Å². The highest BCUT2D eigenvalue weighted by atomic mass is 16.4. The number of hydrogen-bond acceptors (Lipinski definition) is 4. The summed E-state index contributed by atoms with van der Waals surface area (Å²) in [4.78, 5) is 4.90. The zero-order chi connectivity index (χ0) is 18.7. The monoisotopic (exact) mass is 362 g/mol. The molecule has 140 valence electrons. The Labute approximate surface area is 159 Å². The summed E-state index contributed by atoms with van der Waals surface area (Å²) in [7, 11) is 0. The Morgan fingerprint density at radius 1 is 0.889 bits per heavy atom. The molecule has 27 heavy (non-hydrogen) atoms. The normalized spacial score (nSPS) is 12.2. The fourth-order valence-corrected chi connectivity index (χ4v) is 3.84. The molecule has 0 spiro atoms. The third-order valence-corrected chi connectivity index (χ3v) is 5.34. The maximum atomic E-state index is 6.30. The average Bonchev–Trinajstić information content (AvgIpc) is 3.33. The fourth-order valence-electron chi connectivity index (χ4n) is 3.84. The summed E-state index contributed by atoms with van der Waals surface area (Å²) in [6, 6.07) is 16.1. The van der Waals surface area contributed by atoms with E-state index in [9.17, 15) is 0 Å². The van der Waals surface area contributed by atoms with Gasteiger partial charge in [0.1, 0.15) is 16.6 Å². The molecule has 0 aliphatic rings. The maximum absolute atomic E-state index is 6.30. The predicted molar refractivity (Wildman–Crippen MR) is 108 cm³/mol. The smallest absolute Gasteiger partial charge is 0.223 e. The molecule has 0 aliphatic carbocycles. The van der Waals surface area contributed by atoms with Crippen LogP contribution in [0.2, 0.25) is 0 Å². The van der Waals surface area contributed by atoms with Crippen LogP contribution in [-0.4, -0.2) is 20.0 Å². The van der Waals surface area contributed by atoms with E-state index >= 15 is 0 Å². The van der Waals surface area contributed by atoms with Crippen molar-refractivity contribution in [2.24, 2.45) is 0 Å². The summed E-state index contributed by atoms with van der Waals surface area (Å²) in [5.41, 5.74) is 3.25. The minimum absolute atomic E-state index is 0.416. The molecule has 0 atom stereocenters. The molecule has 0 fully saturated rings. The van der Waals surface area contributed by atoms with E-state index in [1.54, 1.807) is 0 Å². The van der Waals surface area contributed by atoms with Gasteiger partial charge in [0.05, 0.1) is 5.52 Å². The van der Waals surface area contributed by atoms with Crippen LogP contribution < -0.4 is 0 Å². The predicted octanol–water partition coefficient (Wildman–Crippen LogP) is 5.70. The van der Waals surface area contributed by atoms with Crippen molar-refractivity contribution < 1.29 is 4.42 Å². The van der Waals surface area contributed by atoms with Gasteiger partial charge < -0.3 is 4.42 Å². The zero-order valence-electron chi connectivity index (χ0n) is 16.1. The van der Waals surface area contributed by atoms with E-state index in [0.29, 0.717) is 0 Å². The lowest BCUT2D eigenvalue weighted by Gasteiger charge is -2.31. The molecule has 0 unspecified atom stereocenters. The lowest BCUT2D eigenvalue weighted by molar-refractivity contribution is 0.212. The Hall–Kier alpha value is -2.69. The van der Waals surface area contributed by atoms with E-state index in [1.165, 1.54) is 0 Å². The van der Waals surface area contributed by atoms with Crippen LogP contribution in [0.25, 0.3) is 22.1 Å². The number of para-hydroxylation sites is 3. The van der Waals surface area contributed by atoms with Gasteiger partial charge in [0.25, 0.3) is 0 Å². The lowest BCUT2D eigenvalue weighted by atomic mass is 9.86. The minimum Gasteiger partial charge on any atom is -0.438 e. The number of aromatic nitrogens is 4. The molecule has 4 rings (SSSR count). The quantitative estimate of drug-likeness (QED) is 0.404. The molecule has 2 heterocycles. The minimum atomic E-state index is -0.416. The van der Waals surface area contributed by atoms with Crippen LogP contribution in [0.3, 0.4) is 0 Å². The van der Waals surface area contributed by atoms with Crippen LogP contribution in [0, 0.1) is 0 Å². The molecule has 0 amide bonds. The molecule has 5 heteroatoms. The standard InChI is InChI=1S/C22H26N4O/c1-3-5-15-22(16-6-4-2,21-23-18-12-8-10-14-20(18)27-21)26-19-13-9-7-11-17(19)24-25-26/h7-14H,3-6,15-16H2,1-2H3. The first-order valence-corrected chi connectivity index (χ1v) is 9.95. The van der Waals surface area contributed by atoms with Crippen molar-refractivity contribution in [3.8, 4) is 0 Å². The highest BCUT2D eigenvalue weighted by molar-refractivity contribution is 5.75. The van der Waals surface area contributed by atoms with Crippen molar-refractivity contribution in [1.82, 2.24) is 20.0 Å². The first-order valence-electron chi connectivity index (χ1n) is 9.95. The van der Waals surface area contributed by atoms with Gasteiger partial charge in [-0.3, -0.25) is 0 Å². The Morgan fingerprint density at radius 2 is 1.56 bits per heavy atom. The SMILES string of the molecule is CCCCC(CCCC)(c1nc2ccccc2o1)n1nnc2ccccc21. The molecule has 0 radical (unpaired) electrons. The average molecular weight is 362 g/mol. The molecular formula is C22H26N4O. The number of unbranched alkanes of at least 4 members (excludes halogenated alkanes) is 2. The van der Waals surface area contributed by atoms with Crippen LogP contribution in [0.4, 0.5) is 0 Å². The van der Waals surface area contributed by atoms with E-state index < -0.39 is 5.54 Å². The number of hydrogen-bond donors (Lipinski definition) is 0. The second kappa shape index (κ2) is 7.51. The summed E-state index contributed by atoms with van der Waals surface area (Å²) < 4.78 is 8.37. The van der Waals surface area contributed by atoms with Crippen molar-refractivity contribution in [3.05, 3.63) is 54.4 Å². The van der Waals surface area contributed by atoms with E-state index in [0.717, 1.165) is 66.5 Å². The first-order chi connectivity index (χ1) is 13.3. The molecule has 0 bridgehead atoms. The van der Waals surface area contributed by atoms with Gasteiger partial charge in [0, 0.05) is 0 Å². The van der Waals surface area contributed by atoms with Crippen LogP contribution in [0.15, 0.2) is 52.9 Å². The second-order valence-corrected chi connectivity index (χ2v) is 7.22. The van der Waals surface area contributed by atoms with Crippen LogP contribution >= 0.6 is 0 Å². The van der Waals surface area contributed by atoms with Gasteiger partial charge in [0.2, 0.25) is 5.89 Å². The van der Waals surface area contributed by atoms with Gasteiger partial charge in [-0.1, -0.05) is 69.0 Å².